The molecule has 56 valence electrons. The highest BCUT2D eigenvalue weighted by Crippen LogP contribution is 2.05. The van der Waals surface area contributed by atoms with E-state index in [0.29, 0.717) is 6.61 Å². The van der Waals surface area contributed by atoms with Gasteiger partial charge >= 0.3 is 11.4 Å². The molecule has 0 heterocycles. The average molecular weight is 188 g/mol. The van der Waals surface area contributed by atoms with Gasteiger partial charge in [0.15, 0.2) is 0 Å². The van der Waals surface area contributed by atoms with Crippen molar-refractivity contribution in [2.24, 2.45) is 0 Å². The molecule has 3 nitrogen and oxygen atoms in total. The third-order valence-corrected chi connectivity index (χ3v) is 1.95. The second-order valence-electron chi connectivity index (χ2n) is 1.23. The molecule has 0 bridgehead atoms. The van der Waals surface area contributed by atoms with Gasteiger partial charge in [0.05, 0.1) is 6.61 Å². The Morgan fingerprint density at radius 1 is 1.78 bits per heavy atom. The van der Waals surface area contributed by atoms with E-state index in [-0.39, 0.29) is 0 Å². The second kappa shape index (κ2) is 6.88. The van der Waals surface area contributed by atoms with Crippen molar-refractivity contribution in [2.45, 2.75) is 6.42 Å². The molecular formula is C3H8O3S3. The molecular weight excluding hydrogens is 180 g/mol. The van der Waals surface area contributed by atoms with Gasteiger partial charge in [-0.25, -0.2) is 0 Å². The van der Waals surface area contributed by atoms with Gasteiger partial charge in [-0.15, -0.1) is 11.7 Å². The van der Waals surface area contributed by atoms with Gasteiger partial charge in [0.2, 0.25) is 0 Å². The van der Waals surface area contributed by atoms with Gasteiger partial charge < -0.3 is 0 Å². The minimum absolute atomic E-state index is 0.316. The summed E-state index contributed by atoms with van der Waals surface area (Å²) in [5.41, 5.74) is 0. The van der Waals surface area contributed by atoms with Crippen LogP contribution >= 0.6 is 22.5 Å². The molecule has 0 aromatic rings. The molecule has 0 aliphatic carbocycles. The third kappa shape index (κ3) is 8.77. The maximum Gasteiger partial charge on any atom is 0.301 e. The molecule has 0 spiro atoms. The molecule has 0 saturated carbocycles. The summed E-state index contributed by atoms with van der Waals surface area (Å²) in [4.78, 5) is 0. The van der Waals surface area contributed by atoms with E-state index in [2.05, 4.69) is 15.8 Å². The fourth-order valence-electron chi connectivity index (χ4n) is 0.254. The highest BCUT2D eigenvalue weighted by atomic mass is 33.1. The van der Waals surface area contributed by atoms with E-state index in [0.717, 1.165) is 12.2 Å². The molecule has 0 aliphatic rings. The Labute approximate surface area is 65.8 Å². The fraction of sp³-hybridized carbons (Fsp3) is 1.00. The largest absolute Gasteiger partial charge is 0.301 e. The second-order valence-corrected chi connectivity index (χ2v) is 3.34. The van der Waals surface area contributed by atoms with Crippen molar-refractivity contribution in [1.82, 2.24) is 0 Å². The zero-order chi connectivity index (χ0) is 7.11. The quantitative estimate of drug-likeness (QED) is 0.294. The summed E-state index contributed by atoms with van der Waals surface area (Å²) in [7, 11) is 1.39. The molecule has 1 unspecified atom stereocenters. The lowest BCUT2D eigenvalue weighted by Gasteiger charge is -1.94. The lowest BCUT2D eigenvalue weighted by atomic mass is 10.5. The van der Waals surface area contributed by atoms with E-state index in [9.17, 15) is 4.21 Å². The fourth-order valence-corrected chi connectivity index (χ4v) is 1.15. The molecule has 0 saturated heterocycles. The monoisotopic (exact) mass is 188 g/mol. The average Bonchev–Trinajstić information content (AvgIpc) is 1.80. The van der Waals surface area contributed by atoms with E-state index in [1.807, 2.05) is 0 Å². The van der Waals surface area contributed by atoms with E-state index >= 15 is 0 Å². The molecule has 9 heavy (non-hydrogen) atoms. The standard InChI is InChI=1S/C3H8O3S3/c4-9(5)6-2-1-3-8-7/h7H,1-3H2,(H,4,5). The highest BCUT2D eigenvalue weighted by Gasteiger charge is 1.91. The van der Waals surface area contributed by atoms with Crippen molar-refractivity contribution in [3.05, 3.63) is 0 Å². The van der Waals surface area contributed by atoms with Gasteiger partial charge in [-0.1, -0.05) is 10.8 Å². The van der Waals surface area contributed by atoms with E-state index < -0.39 is 11.4 Å². The van der Waals surface area contributed by atoms with Crippen molar-refractivity contribution >= 4 is 33.8 Å². The van der Waals surface area contributed by atoms with Crippen molar-refractivity contribution in [3.63, 3.8) is 0 Å². The van der Waals surface area contributed by atoms with Crippen molar-refractivity contribution in [1.29, 1.82) is 0 Å². The number of hydrogen-bond acceptors (Lipinski definition) is 4. The molecule has 0 aliphatic heterocycles. The minimum Gasteiger partial charge on any atom is -0.284 e. The summed E-state index contributed by atoms with van der Waals surface area (Å²) in [5, 5.41) is 0. The molecule has 0 aromatic heterocycles. The molecule has 1 atom stereocenters. The first-order valence-electron chi connectivity index (χ1n) is 2.28. The van der Waals surface area contributed by atoms with Crippen LogP contribution in [0.3, 0.4) is 0 Å². The predicted molar refractivity (Wildman–Crippen MR) is 42.8 cm³/mol. The Morgan fingerprint density at radius 3 is 2.89 bits per heavy atom. The highest BCUT2D eigenvalue weighted by molar-refractivity contribution is 8.68. The van der Waals surface area contributed by atoms with E-state index in [1.54, 1.807) is 0 Å². The molecule has 0 rings (SSSR count). The first-order valence-corrected chi connectivity index (χ1v) is 5.35. The molecule has 0 fully saturated rings. The van der Waals surface area contributed by atoms with Crippen LogP contribution in [0.15, 0.2) is 0 Å². The maximum atomic E-state index is 9.83. The first-order chi connectivity index (χ1) is 4.27. The molecule has 6 heteroatoms. The van der Waals surface area contributed by atoms with Gasteiger partial charge in [0.1, 0.15) is 0 Å². The number of thiol groups is 1. The van der Waals surface area contributed by atoms with Crippen LogP contribution in [-0.4, -0.2) is 21.1 Å². The van der Waals surface area contributed by atoms with Gasteiger partial charge in [-0.3, -0.25) is 8.74 Å². The van der Waals surface area contributed by atoms with Crippen LogP contribution in [0.1, 0.15) is 6.42 Å². The SMILES string of the molecule is O=S(O)OCCCSS. The number of hydrogen-bond donors (Lipinski definition) is 2. The Bertz CT molecular complexity index is 86.4. The van der Waals surface area contributed by atoms with Gasteiger partial charge in [0.25, 0.3) is 0 Å². The van der Waals surface area contributed by atoms with Gasteiger partial charge in [0, 0.05) is 5.75 Å². The Balaban J connectivity index is 2.83. The van der Waals surface area contributed by atoms with Gasteiger partial charge in [-0.05, 0) is 6.42 Å². The Kier molecular flexibility index (Phi) is 7.47. The van der Waals surface area contributed by atoms with Crippen molar-refractivity contribution in [3.8, 4) is 0 Å². The van der Waals surface area contributed by atoms with Crippen LogP contribution in [0.2, 0.25) is 0 Å². The summed E-state index contributed by atoms with van der Waals surface area (Å²) in [6, 6.07) is 0. The topological polar surface area (TPSA) is 46.5 Å². The zero-order valence-corrected chi connectivity index (χ0v) is 7.18. The van der Waals surface area contributed by atoms with Gasteiger partial charge in [-0.2, -0.15) is 4.21 Å². The zero-order valence-electron chi connectivity index (χ0n) is 4.65. The van der Waals surface area contributed by atoms with E-state index in [1.165, 1.54) is 10.8 Å². The third-order valence-electron chi connectivity index (χ3n) is 0.564. The Morgan fingerprint density at radius 2 is 2.44 bits per heavy atom. The summed E-state index contributed by atoms with van der Waals surface area (Å²) in [5.74, 6) is 0.834. The lowest BCUT2D eigenvalue weighted by Crippen LogP contribution is -1.97. The van der Waals surface area contributed by atoms with Crippen LogP contribution in [0.25, 0.3) is 0 Å². The molecule has 0 radical (unpaired) electrons. The smallest absolute Gasteiger partial charge is 0.284 e. The molecule has 0 amide bonds. The first kappa shape index (κ1) is 9.77. The minimum atomic E-state index is -2.10. The van der Waals surface area contributed by atoms with Crippen molar-refractivity contribution in [2.75, 3.05) is 12.4 Å². The summed E-state index contributed by atoms with van der Waals surface area (Å²) in [6.07, 6.45) is 0.750. The summed E-state index contributed by atoms with van der Waals surface area (Å²) < 4.78 is 22.2. The van der Waals surface area contributed by atoms with E-state index in [4.69, 9.17) is 4.55 Å². The summed E-state index contributed by atoms with van der Waals surface area (Å²) >= 11 is 1.76. The Hall–Kier alpha value is 0.770. The normalized spacial score (nSPS) is 13.6. The van der Waals surface area contributed by atoms with Crippen LogP contribution in [0.4, 0.5) is 0 Å². The predicted octanol–water partition coefficient (Wildman–Crippen LogP) is 1.11. The van der Waals surface area contributed by atoms with Crippen LogP contribution < -0.4 is 0 Å². The molecule has 1 N–H and O–H groups in total. The van der Waals surface area contributed by atoms with Crippen LogP contribution in [0.5, 0.6) is 0 Å². The maximum absolute atomic E-state index is 9.83. The lowest BCUT2D eigenvalue weighted by molar-refractivity contribution is 0.308. The van der Waals surface area contributed by atoms with Crippen LogP contribution in [-0.2, 0) is 15.5 Å². The van der Waals surface area contributed by atoms with Crippen molar-refractivity contribution < 1.29 is 12.9 Å². The van der Waals surface area contributed by atoms with Crippen LogP contribution in [0, 0.1) is 0 Å². The number of rotatable bonds is 5. The summed E-state index contributed by atoms with van der Waals surface area (Å²) in [6.45, 7) is 0.316. The molecule has 0 aromatic carbocycles.